The third-order valence-electron chi connectivity index (χ3n) is 3.23. The van der Waals surface area contributed by atoms with Crippen LogP contribution in [0.4, 0.5) is 22.9 Å². The fourth-order valence-electron chi connectivity index (χ4n) is 2.18. The van der Waals surface area contributed by atoms with Gasteiger partial charge in [-0.25, -0.2) is 13.4 Å². The van der Waals surface area contributed by atoms with Crippen molar-refractivity contribution in [2.75, 3.05) is 15.4 Å². The average molecular weight is 388 g/mol. The summed E-state index contributed by atoms with van der Waals surface area (Å²) in [5.41, 5.74) is 2.13. The van der Waals surface area contributed by atoms with Gasteiger partial charge in [0, 0.05) is 18.3 Å². The number of hydrogen-bond donors (Lipinski definition) is 3. The van der Waals surface area contributed by atoms with E-state index in [0.29, 0.717) is 11.4 Å². The summed E-state index contributed by atoms with van der Waals surface area (Å²) in [7, 11) is -3.61. The van der Waals surface area contributed by atoms with Crippen molar-refractivity contribution < 1.29 is 13.2 Å². The van der Waals surface area contributed by atoms with Gasteiger partial charge < -0.3 is 10.6 Å². The fraction of sp³-hybridized carbons (Fsp3) is 0.0588. The van der Waals surface area contributed by atoms with Crippen LogP contribution in [0.3, 0.4) is 0 Å². The lowest BCUT2D eigenvalue weighted by Gasteiger charge is -2.10. The molecule has 0 aliphatic rings. The number of hydrogen-bond acceptors (Lipinski definition) is 6. The normalized spacial score (nSPS) is 11.0. The van der Waals surface area contributed by atoms with E-state index in [0.717, 1.165) is 17.0 Å². The number of aromatic nitrogens is 1. The number of pyridine rings is 1. The quantitative estimate of drug-likeness (QED) is 0.598. The molecule has 26 heavy (non-hydrogen) atoms. The van der Waals surface area contributed by atoms with Crippen molar-refractivity contribution in [2.24, 2.45) is 0 Å². The minimum Gasteiger partial charge on any atom is -0.354 e. The summed E-state index contributed by atoms with van der Waals surface area (Å²) in [4.78, 5) is 15.2. The number of carbonyl (C=O) groups excluding carboxylic acids is 1. The summed E-state index contributed by atoms with van der Waals surface area (Å²) in [6.07, 6.45) is 1.53. The highest BCUT2D eigenvalue weighted by atomic mass is 32.2. The number of sulfonamides is 1. The Morgan fingerprint density at radius 2 is 1.85 bits per heavy atom. The van der Waals surface area contributed by atoms with Crippen molar-refractivity contribution in [3.63, 3.8) is 0 Å². The fourth-order valence-corrected chi connectivity index (χ4v) is 4.18. The first-order chi connectivity index (χ1) is 12.4. The van der Waals surface area contributed by atoms with Gasteiger partial charge in [-0.15, -0.1) is 11.3 Å². The predicted octanol–water partition coefficient (Wildman–Crippen LogP) is 3.65. The number of thiophene rings is 1. The number of carbonyl (C=O) groups is 1. The van der Waals surface area contributed by atoms with Crippen molar-refractivity contribution in [3.05, 3.63) is 60.1 Å². The molecule has 2 heterocycles. The van der Waals surface area contributed by atoms with Gasteiger partial charge >= 0.3 is 0 Å². The smallest absolute Gasteiger partial charge is 0.272 e. The van der Waals surface area contributed by atoms with Gasteiger partial charge in [-0.1, -0.05) is 12.1 Å². The molecule has 7 nitrogen and oxygen atoms in total. The number of nitrogens with zero attached hydrogens (tertiary/aromatic N) is 1. The van der Waals surface area contributed by atoms with E-state index in [1.54, 1.807) is 35.7 Å². The Labute approximate surface area is 155 Å². The molecule has 9 heteroatoms. The molecule has 0 unspecified atom stereocenters. The van der Waals surface area contributed by atoms with Crippen LogP contribution < -0.4 is 15.4 Å². The highest BCUT2D eigenvalue weighted by molar-refractivity contribution is 7.94. The molecule has 3 N–H and O–H groups in total. The molecule has 0 bridgehead atoms. The Kier molecular flexibility index (Phi) is 5.19. The zero-order valence-electron chi connectivity index (χ0n) is 13.8. The van der Waals surface area contributed by atoms with Gasteiger partial charge in [0.1, 0.15) is 10.0 Å². The molecule has 0 atom stereocenters. The second kappa shape index (κ2) is 7.54. The summed E-state index contributed by atoms with van der Waals surface area (Å²) < 4.78 is 27.0. The summed E-state index contributed by atoms with van der Waals surface area (Å²) in [5.74, 6) is 0.0853. The number of rotatable bonds is 6. The largest absolute Gasteiger partial charge is 0.354 e. The standard InChI is InChI=1S/C17H16N4O3S2/c1-12(22)19-13-4-2-5-14(10-13)20-15-7-8-16(18-11-15)21-26(23,24)17-6-3-9-25-17/h2-11,20H,1H3,(H,18,21)(H,19,22). The van der Waals surface area contributed by atoms with Crippen LogP contribution in [-0.2, 0) is 14.8 Å². The first-order valence-electron chi connectivity index (χ1n) is 7.59. The van der Waals surface area contributed by atoms with Crippen LogP contribution in [0.25, 0.3) is 0 Å². The molecular weight excluding hydrogens is 372 g/mol. The molecule has 2 aromatic heterocycles. The van der Waals surface area contributed by atoms with Crippen molar-refractivity contribution in [2.45, 2.75) is 11.1 Å². The second-order valence-electron chi connectivity index (χ2n) is 5.36. The summed E-state index contributed by atoms with van der Waals surface area (Å²) in [6.45, 7) is 1.44. The van der Waals surface area contributed by atoms with Crippen LogP contribution in [0.5, 0.6) is 0 Å². The van der Waals surface area contributed by atoms with Crippen molar-refractivity contribution in [1.82, 2.24) is 4.98 Å². The number of amides is 1. The molecule has 0 saturated heterocycles. The van der Waals surface area contributed by atoms with E-state index in [9.17, 15) is 13.2 Å². The molecule has 1 amide bonds. The molecule has 0 radical (unpaired) electrons. The van der Waals surface area contributed by atoms with E-state index in [-0.39, 0.29) is 15.9 Å². The minimum absolute atomic E-state index is 0.147. The van der Waals surface area contributed by atoms with E-state index in [1.165, 1.54) is 19.2 Å². The van der Waals surface area contributed by atoms with Crippen LogP contribution in [0.15, 0.2) is 64.3 Å². The number of benzene rings is 1. The third-order valence-corrected chi connectivity index (χ3v) is 5.99. The Balaban J connectivity index is 1.69. The average Bonchev–Trinajstić information content (AvgIpc) is 3.12. The monoisotopic (exact) mass is 388 g/mol. The van der Waals surface area contributed by atoms with Crippen LogP contribution in [0, 0.1) is 0 Å². The summed E-state index contributed by atoms with van der Waals surface area (Å²) >= 11 is 1.14. The first kappa shape index (κ1) is 17.9. The highest BCUT2D eigenvalue weighted by Gasteiger charge is 2.15. The van der Waals surface area contributed by atoms with Crippen LogP contribution >= 0.6 is 11.3 Å². The lowest BCUT2D eigenvalue weighted by Crippen LogP contribution is -2.12. The third kappa shape index (κ3) is 4.58. The van der Waals surface area contributed by atoms with Gasteiger partial charge in [0.2, 0.25) is 5.91 Å². The molecule has 0 saturated carbocycles. The van der Waals surface area contributed by atoms with E-state index >= 15 is 0 Å². The lowest BCUT2D eigenvalue weighted by molar-refractivity contribution is -0.114. The summed E-state index contributed by atoms with van der Waals surface area (Å²) in [5, 5.41) is 7.55. The number of nitrogens with one attached hydrogen (secondary N) is 3. The van der Waals surface area contributed by atoms with Crippen molar-refractivity contribution in [3.8, 4) is 0 Å². The first-order valence-corrected chi connectivity index (χ1v) is 9.96. The maximum atomic E-state index is 12.2. The molecule has 0 aliphatic carbocycles. The van der Waals surface area contributed by atoms with Gasteiger partial charge in [0.15, 0.2) is 0 Å². The van der Waals surface area contributed by atoms with Crippen LogP contribution in [0.1, 0.15) is 6.92 Å². The molecule has 134 valence electrons. The molecule has 0 spiro atoms. The Bertz CT molecular complexity index is 1000. The zero-order chi connectivity index (χ0) is 18.6. The minimum atomic E-state index is -3.61. The van der Waals surface area contributed by atoms with Crippen molar-refractivity contribution in [1.29, 1.82) is 0 Å². The SMILES string of the molecule is CC(=O)Nc1cccc(Nc2ccc(NS(=O)(=O)c3cccs3)nc2)c1. The second-order valence-corrected chi connectivity index (χ2v) is 8.21. The van der Waals surface area contributed by atoms with Gasteiger partial charge in [0.25, 0.3) is 10.0 Å². The van der Waals surface area contributed by atoms with E-state index in [4.69, 9.17) is 0 Å². The van der Waals surface area contributed by atoms with Crippen LogP contribution in [-0.4, -0.2) is 19.3 Å². The Morgan fingerprint density at radius 1 is 1.04 bits per heavy atom. The summed E-state index contributed by atoms with van der Waals surface area (Å²) in [6, 6.07) is 13.7. The van der Waals surface area contributed by atoms with Gasteiger partial charge in [-0.05, 0) is 41.8 Å². The maximum absolute atomic E-state index is 12.2. The van der Waals surface area contributed by atoms with E-state index in [2.05, 4.69) is 20.3 Å². The lowest BCUT2D eigenvalue weighted by atomic mass is 10.2. The molecule has 3 aromatic rings. The van der Waals surface area contributed by atoms with Gasteiger partial charge in [0.05, 0.1) is 11.9 Å². The molecular formula is C17H16N4O3S2. The molecule has 0 fully saturated rings. The molecule has 1 aromatic carbocycles. The number of anilines is 4. The van der Waals surface area contributed by atoms with Crippen molar-refractivity contribution >= 4 is 50.1 Å². The molecule has 3 rings (SSSR count). The van der Waals surface area contributed by atoms with E-state index < -0.39 is 10.0 Å². The van der Waals surface area contributed by atoms with E-state index in [1.807, 2.05) is 12.1 Å². The van der Waals surface area contributed by atoms with Crippen LogP contribution in [0.2, 0.25) is 0 Å². The van der Waals surface area contributed by atoms with Gasteiger partial charge in [-0.3, -0.25) is 9.52 Å². The Hall–Kier alpha value is -2.91. The molecule has 0 aliphatic heterocycles. The highest BCUT2D eigenvalue weighted by Crippen LogP contribution is 2.22. The Morgan fingerprint density at radius 3 is 2.50 bits per heavy atom. The maximum Gasteiger partial charge on any atom is 0.272 e. The van der Waals surface area contributed by atoms with Gasteiger partial charge in [-0.2, -0.15) is 0 Å². The topological polar surface area (TPSA) is 100 Å². The zero-order valence-corrected chi connectivity index (χ0v) is 15.4. The predicted molar refractivity (Wildman–Crippen MR) is 103 cm³/mol.